The van der Waals surface area contributed by atoms with E-state index >= 15 is 0 Å². The SMILES string of the molecule is CCc1ccc2nccc(Nc3ccccc3C(=O)OC)c2c1. The van der Waals surface area contributed by atoms with E-state index in [1.165, 1.54) is 12.7 Å². The summed E-state index contributed by atoms with van der Waals surface area (Å²) in [5, 5.41) is 4.38. The van der Waals surface area contributed by atoms with Crippen LogP contribution in [-0.4, -0.2) is 18.1 Å². The molecule has 4 heteroatoms. The smallest absolute Gasteiger partial charge is 0.339 e. The monoisotopic (exact) mass is 306 g/mol. The Morgan fingerprint density at radius 2 is 1.96 bits per heavy atom. The van der Waals surface area contributed by atoms with Crippen molar-refractivity contribution in [3.05, 3.63) is 65.9 Å². The molecule has 3 aromatic rings. The van der Waals surface area contributed by atoms with Crippen LogP contribution in [0.1, 0.15) is 22.8 Å². The number of aryl methyl sites for hydroxylation is 1. The number of anilines is 2. The van der Waals surface area contributed by atoms with Crippen molar-refractivity contribution in [1.82, 2.24) is 4.98 Å². The number of nitrogens with one attached hydrogen (secondary N) is 1. The number of pyridine rings is 1. The Bertz CT molecular complexity index is 859. The van der Waals surface area contributed by atoms with Crippen LogP contribution < -0.4 is 5.32 Å². The van der Waals surface area contributed by atoms with Gasteiger partial charge in [0.2, 0.25) is 0 Å². The third-order valence-electron chi connectivity index (χ3n) is 3.82. The van der Waals surface area contributed by atoms with E-state index in [1.807, 2.05) is 30.3 Å². The van der Waals surface area contributed by atoms with Gasteiger partial charge in [0.25, 0.3) is 0 Å². The second-order valence-electron chi connectivity index (χ2n) is 5.23. The molecule has 0 amide bonds. The Balaban J connectivity index is 2.07. The lowest BCUT2D eigenvalue weighted by Gasteiger charge is -2.13. The first-order chi connectivity index (χ1) is 11.2. The number of aromatic nitrogens is 1. The highest BCUT2D eigenvalue weighted by atomic mass is 16.5. The van der Waals surface area contributed by atoms with E-state index < -0.39 is 0 Å². The fraction of sp³-hybridized carbons (Fsp3) is 0.158. The van der Waals surface area contributed by atoms with Crippen molar-refractivity contribution in [1.29, 1.82) is 0 Å². The zero-order chi connectivity index (χ0) is 16.2. The maximum atomic E-state index is 11.9. The predicted octanol–water partition coefficient (Wildman–Crippen LogP) is 4.33. The van der Waals surface area contributed by atoms with Crippen molar-refractivity contribution >= 4 is 28.2 Å². The molecule has 0 saturated heterocycles. The van der Waals surface area contributed by atoms with Crippen LogP contribution >= 0.6 is 0 Å². The Morgan fingerprint density at radius 3 is 2.74 bits per heavy atom. The molecule has 116 valence electrons. The molecule has 1 N–H and O–H groups in total. The van der Waals surface area contributed by atoms with Gasteiger partial charge in [-0.2, -0.15) is 0 Å². The van der Waals surface area contributed by atoms with Crippen LogP contribution in [0.15, 0.2) is 54.7 Å². The number of para-hydroxylation sites is 1. The first kappa shape index (κ1) is 15.0. The van der Waals surface area contributed by atoms with Gasteiger partial charge in [-0.1, -0.05) is 25.1 Å². The number of methoxy groups -OCH3 is 1. The van der Waals surface area contributed by atoms with Crippen molar-refractivity contribution < 1.29 is 9.53 Å². The first-order valence-corrected chi connectivity index (χ1v) is 7.55. The zero-order valence-electron chi connectivity index (χ0n) is 13.2. The molecule has 0 atom stereocenters. The van der Waals surface area contributed by atoms with Crippen molar-refractivity contribution in [2.24, 2.45) is 0 Å². The summed E-state index contributed by atoms with van der Waals surface area (Å²) in [7, 11) is 1.38. The number of nitrogens with zero attached hydrogens (tertiary/aromatic N) is 1. The van der Waals surface area contributed by atoms with E-state index in [2.05, 4.69) is 29.4 Å². The topological polar surface area (TPSA) is 51.2 Å². The van der Waals surface area contributed by atoms with Gasteiger partial charge in [-0.15, -0.1) is 0 Å². The summed E-state index contributed by atoms with van der Waals surface area (Å²) in [5.74, 6) is -0.360. The van der Waals surface area contributed by atoms with Crippen LogP contribution in [0.3, 0.4) is 0 Å². The largest absolute Gasteiger partial charge is 0.465 e. The molecule has 0 unspecified atom stereocenters. The van der Waals surface area contributed by atoms with Gasteiger partial charge in [0, 0.05) is 17.3 Å². The van der Waals surface area contributed by atoms with Gasteiger partial charge in [0.15, 0.2) is 0 Å². The number of hydrogen-bond donors (Lipinski definition) is 1. The van der Waals surface area contributed by atoms with Crippen LogP contribution in [0.4, 0.5) is 11.4 Å². The number of rotatable bonds is 4. The summed E-state index contributed by atoms with van der Waals surface area (Å²) in [6, 6.07) is 15.5. The third kappa shape index (κ3) is 3.01. The van der Waals surface area contributed by atoms with Gasteiger partial charge in [0.1, 0.15) is 0 Å². The van der Waals surface area contributed by atoms with Crippen LogP contribution in [-0.2, 0) is 11.2 Å². The fourth-order valence-corrected chi connectivity index (χ4v) is 2.55. The molecule has 0 aliphatic carbocycles. The van der Waals surface area contributed by atoms with E-state index in [1.54, 1.807) is 12.3 Å². The van der Waals surface area contributed by atoms with E-state index in [4.69, 9.17) is 4.74 Å². The fourth-order valence-electron chi connectivity index (χ4n) is 2.55. The number of fused-ring (bicyclic) bond motifs is 1. The first-order valence-electron chi connectivity index (χ1n) is 7.55. The summed E-state index contributed by atoms with van der Waals surface area (Å²) in [5.41, 5.74) is 4.31. The minimum atomic E-state index is -0.360. The molecule has 23 heavy (non-hydrogen) atoms. The molecular weight excluding hydrogens is 288 g/mol. The Labute approximate surface area is 135 Å². The Morgan fingerprint density at radius 1 is 1.13 bits per heavy atom. The highest BCUT2D eigenvalue weighted by molar-refractivity contribution is 5.99. The molecule has 1 heterocycles. The highest BCUT2D eigenvalue weighted by Crippen LogP contribution is 2.28. The maximum absolute atomic E-state index is 11.9. The van der Waals surface area contributed by atoms with Crippen LogP contribution in [0.2, 0.25) is 0 Å². The molecule has 4 nitrogen and oxygen atoms in total. The lowest BCUT2D eigenvalue weighted by atomic mass is 10.1. The number of hydrogen-bond acceptors (Lipinski definition) is 4. The number of esters is 1. The number of carbonyl (C=O) groups is 1. The molecule has 0 spiro atoms. The molecule has 0 saturated carbocycles. The lowest BCUT2D eigenvalue weighted by Crippen LogP contribution is -2.05. The van der Waals surface area contributed by atoms with E-state index in [-0.39, 0.29) is 5.97 Å². The van der Waals surface area contributed by atoms with Gasteiger partial charge in [-0.3, -0.25) is 4.98 Å². The lowest BCUT2D eigenvalue weighted by molar-refractivity contribution is 0.0602. The summed E-state index contributed by atoms with van der Waals surface area (Å²) in [4.78, 5) is 16.3. The quantitative estimate of drug-likeness (QED) is 0.729. The maximum Gasteiger partial charge on any atom is 0.339 e. The van der Waals surface area contributed by atoms with Gasteiger partial charge >= 0.3 is 5.97 Å². The van der Waals surface area contributed by atoms with Crippen molar-refractivity contribution in [2.45, 2.75) is 13.3 Å². The molecule has 0 fully saturated rings. The van der Waals surface area contributed by atoms with Crippen LogP contribution in [0, 0.1) is 0 Å². The van der Waals surface area contributed by atoms with E-state index in [0.717, 1.165) is 23.0 Å². The zero-order valence-corrected chi connectivity index (χ0v) is 13.2. The average Bonchev–Trinajstić information content (AvgIpc) is 2.61. The molecule has 0 aliphatic rings. The van der Waals surface area contributed by atoms with Gasteiger partial charge in [-0.25, -0.2) is 4.79 Å². The van der Waals surface area contributed by atoms with Gasteiger partial charge in [-0.05, 0) is 42.3 Å². The minimum Gasteiger partial charge on any atom is -0.465 e. The van der Waals surface area contributed by atoms with E-state index in [9.17, 15) is 4.79 Å². The molecular formula is C19H18N2O2. The summed E-state index contributed by atoms with van der Waals surface area (Å²) in [6.07, 6.45) is 2.72. The minimum absolute atomic E-state index is 0.360. The van der Waals surface area contributed by atoms with Gasteiger partial charge < -0.3 is 10.1 Å². The molecule has 2 aromatic carbocycles. The predicted molar refractivity (Wildman–Crippen MR) is 92.2 cm³/mol. The van der Waals surface area contributed by atoms with E-state index in [0.29, 0.717) is 11.3 Å². The average molecular weight is 306 g/mol. The summed E-state index contributed by atoms with van der Waals surface area (Å²) >= 11 is 0. The number of benzene rings is 2. The molecule has 0 bridgehead atoms. The standard InChI is InChI=1S/C19H18N2O2/c1-3-13-8-9-16-15(12-13)18(10-11-20-16)21-17-7-5-4-6-14(17)19(22)23-2/h4-12H,3H2,1-2H3,(H,20,21). The van der Waals surface area contributed by atoms with Gasteiger partial charge in [0.05, 0.1) is 23.9 Å². The second kappa shape index (κ2) is 6.48. The van der Waals surface area contributed by atoms with Crippen LogP contribution in [0.5, 0.6) is 0 Å². The Hall–Kier alpha value is -2.88. The normalized spacial score (nSPS) is 10.5. The number of carbonyl (C=O) groups excluding carboxylic acids is 1. The molecule has 1 aromatic heterocycles. The van der Waals surface area contributed by atoms with Crippen LogP contribution in [0.25, 0.3) is 10.9 Å². The van der Waals surface area contributed by atoms with Crippen molar-refractivity contribution in [3.63, 3.8) is 0 Å². The molecule has 0 radical (unpaired) electrons. The number of ether oxygens (including phenoxy) is 1. The second-order valence-corrected chi connectivity index (χ2v) is 5.23. The highest BCUT2D eigenvalue weighted by Gasteiger charge is 2.12. The summed E-state index contributed by atoms with van der Waals surface area (Å²) < 4.78 is 4.85. The summed E-state index contributed by atoms with van der Waals surface area (Å²) in [6.45, 7) is 2.12. The van der Waals surface area contributed by atoms with Crippen molar-refractivity contribution in [3.8, 4) is 0 Å². The Kier molecular flexibility index (Phi) is 4.24. The molecule has 3 rings (SSSR count). The molecule has 0 aliphatic heterocycles. The third-order valence-corrected chi connectivity index (χ3v) is 3.82. The van der Waals surface area contributed by atoms with Crippen molar-refractivity contribution in [2.75, 3.05) is 12.4 Å².